The molecule has 0 aliphatic rings. The van der Waals surface area contributed by atoms with E-state index in [-0.39, 0.29) is 0 Å². The number of anilines is 2. The van der Waals surface area contributed by atoms with E-state index in [1.54, 1.807) is 0 Å². The van der Waals surface area contributed by atoms with Gasteiger partial charge in [-0.2, -0.15) is 0 Å². The van der Waals surface area contributed by atoms with E-state index in [0.717, 1.165) is 45.1 Å². The predicted molar refractivity (Wildman–Crippen MR) is 116 cm³/mol. The molecule has 3 aromatic heterocycles. The molecule has 3 heterocycles. The van der Waals surface area contributed by atoms with Crippen molar-refractivity contribution >= 4 is 34.8 Å². The van der Waals surface area contributed by atoms with Crippen LogP contribution in [0.15, 0.2) is 48.7 Å². The molecule has 0 bridgehead atoms. The quantitative estimate of drug-likeness (QED) is 0.564. The summed E-state index contributed by atoms with van der Waals surface area (Å²) in [6.07, 6.45) is 5.64. The Kier molecular flexibility index (Phi) is 4.53. The third-order valence-corrected chi connectivity index (χ3v) is 4.49. The molecule has 0 spiro atoms. The number of fused-ring (bicyclic) bond motifs is 1. The zero-order chi connectivity index (χ0) is 19.7. The second-order valence-electron chi connectivity index (χ2n) is 6.98. The summed E-state index contributed by atoms with van der Waals surface area (Å²) >= 11 is 0. The third kappa shape index (κ3) is 3.71. The lowest BCUT2D eigenvalue weighted by Crippen LogP contribution is -2.07. The van der Waals surface area contributed by atoms with Crippen LogP contribution in [0.2, 0.25) is 0 Å². The molecule has 0 aliphatic carbocycles. The van der Waals surface area contributed by atoms with E-state index in [2.05, 4.69) is 49.1 Å². The van der Waals surface area contributed by atoms with Gasteiger partial charge in [0.1, 0.15) is 17.2 Å². The molecule has 0 fully saturated rings. The minimum atomic E-state index is 0.510. The van der Waals surface area contributed by atoms with Gasteiger partial charge in [-0.15, -0.1) is 0 Å². The van der Waals surface area contributed by atoms with E-state index in [1.807, 2.05) is 57.6 Å². The van der Waals surface area contributed by atoms with Gasteiger partial charge in [0.15, 0.2) is 5.65 Å². The van der Waals surface area contributed by atoms with Gasteiger partial charge < -0.3 is 15.6 Å². The number of pyridine rings is 2. The van der Waals surface area contributed by atoms with Gasteiger partial charge in [-0.05, 0) is 60.5 Å². The Morgan fingerprint density at radius 3 is 2.46 bits per heavy atom. The second kappa shape index (κ2) is 7.15. The average molecular weight is 370 g/mol. The Labute approximate surface area is 163 Å². The van der Waals surface area contributed by atoms with Crippen LogP contribution in [0.1, 0.15) is 17.1 Å². The first-order chi connectivity index (χ1) is 13.5. The number of hydrogen-bond donors (Lipinski definition) is 2. The number of imidazole rings is 1. The van der Waals surface area contributed by atoms with Crippen molar-refractivity contribution in [3.63, 3.8) is 0 Å². The summed E-state index contributed by atoms with van der Waals surface area (Å²) in [6, 6.07) is 14.2. The molecule has 3 N–H and O–H groups in total. The fraction of sp³-hybridized carbons (Fsp3) is 0.136. The van der Waals surface area contributed by atoms with Crippen molar-refractivity contribution in [3.8, 4) is 11.1 Å². The van der Waals surface area contributed by atoms with Crippen LogP contribution in [0.25, 0.3) is 34.4 Å². The lowest BCUT2D eigenvalue weighted by Gasteiger charge is -2.12. The third-order valence-electron chi connectivity index (χ3n) is 4.49. The van der Waals surface area contributed by atoms with E-state index in [4.69, 9.17) is 5.73 Å². The number of nitrogens with zero attached hydrogens (tertiary/aromatic N) is 4. The van der Waals surface area contributed by atoms with Crippen LogP contribution in [0.5, 0.6) is 0 Å². The zero-order valence-electron chi connectivity index (χ0n) is 16.1. The summed E-state index contributed by atoms with van der Waals surface area (Å²) < 4.78 is 0. The smallest absolute Gasteiger partial charge is 0.157 e. The fourth-order valence-corrected chi connectivity index (χ4v) is 3.07. The van der Waals surface area contributed by atoms with Gasteiger partial charge in [0.05, 0.1) is 5.69 Å². The van der Waals surface area contributed by atoms with Gasteiger partial charge >= 0.3 is 0 Å². The second-order valence-corrected chi connectivity index (χ2v) is 6.98. The molecule has 0 radical (unpaired) electrons. The topological polar surface area (TPSA) is 83.7 Å². The maximum atomic E-state index is 5.81. The summed E-state index contributed by atoms with van der Waals surface area (Å²) in [4.78, 5) is 18.8. The van der Waals surface area contributed by atoms with Crippen LogP contribution < -0.4 is 10.6 Å². The molecular weight excluding hydrogens is 348 g/mol. The molecule has 0 saturated carbocycles. The molecule has 0 unspecified atom stereocenters. The van der Waals surface area contributed by atoms with Crippen molar-refractivity contribution < 1.29 is 0 Å². The molecule has 0 aliphatic heterocycles. The number of aryl methyl sites for hydroxylation is 1. The van der Waals surface area contributed by atoms with Gasteiger partial charge in [-0.25, -0.2) is 15.0 Å². The number of rotatable bonds is 4. The predicted octanol–water partition coefficient (Wildman–Crippen LogP) is 4.15. The van der Waals surface area contributed by atoms with Crippen LogP contribution in [0, 0.1) is 6.92 Å². The normalized spacial score (nSPS) is 11.4. The zero-order valence-corrected chi connectivity index (χ0v) is 16.1. The maximum absolute atomic E-state index is 5.81. The summed E-state index contributed by atoms with van der Waals surface area (Å²) in [5.74, 6) is 1.24. The first kappa shape index (κ1) is 17.7. The summed E-state index contributed by atoms with van der Waals surface area (Å²) in [5, 5.41) is 0. The monoisotopic (exact) mass is 370 g/mol. The van der Waals surface area contributed by atoms with Crippen LogP contribution in [0.4, 0.5) is 11.5 Å². The van der Waals surface area contributed by atoms with Crippen molar-refractivity contribution in [1.82, 2.24) is 19.9 Å². The Hall–Kier alpha value is -3.67. The lowest BCUT2D eigenvalue weighted by molar-refractivity contribution is 1.13. The van der Waals surface area contributed by atoms with Gasteiger partial charge in [0.25, 0.3) is 0 Å². The largest absolute Gasteiger partial charge is 0.384 e. The number of aromatic amines is 1. The van der Waals surface area contributed by atoms with E-state index >= 15 is 0 Å². The lowest BCUT2D eigenvalue weighted by atomic mass is 10.1. The number of benzene rings is 1. The molecule has 6 heteroatoms. The van der Waals surface area contributed by atoms with E-state index < -0.39 is 0 Å². The standard InChI is InChI=1S/C22H22N6/c1-14-10-17(25-20(23)11-14)6-9-21-26-19-12-16(13-24-22(19)27-21)15-4-7-18(8-5-15)28(2)3/h4-13H,1-3H3,(H2,23,25)(H,24,26,27). The van der Waals surface area contributed by atoms with Crippen molar-refractivity contribution in [3.05, 3.63) is 65.7 Å². The number of nitrogen functional groups attached to an aromatic ring is 1. The minimum absolute atomic E-state index is 0.510. The van der Waals surface area contributed by atoms with Crippen molar-refractivity contribution in [2.75, 3.05) is 24.7 Å². The van der Waals surface area contributed by atoms with Crippen LogP contribution in [0.3, 0.4) is 0 Å². The highest BCUT2D eigenvalue weighted by atomic mass is 15.1. The van der Waals surface area contributed by atoms with Crippen molar-refractivity contribution in [1.29, 1.82) is 0 Å². The van der Waals surface area contributed by atoms with Crippen LogP contribution >= 0.6 is 0 Å². The van der Waals surface area contributed by atoms with Gasteiger partial charge in [0, 0.05) is 31.5 Å². The molecule has 0 saturated heterocycles. The summed E-state index contributed by atoms with van der Waals surface area (Å²) in [5.41, 5.74) is 12.6. The first-order valence-corrected chi connectivity index (χ1v) is 9.04. The van der Waals surface area contributed by atoms with Gasteiger partial charge in [0.2, 0.25) is 0 Å². The molecule has 140 valence electrons. The number of nitrogens with one attached hydrogen (secondary N) is 1. The summed E-state index contributed by atoms with van der Waals surface area (Å²) in [6.45, 7) is 1.99. The highest BCUT2D eigenvalue weighted by Crippen LogP contribution is 2.24. The Morgan fingerprint density at radius 2 is 1.75 bits per heavy atom. The van der Waals surface area contributed by atoms with Crippen LogP contribution in [-0.2, 0) is 0 Å². The number of aromatic nitrogens is 4. The first-order valence-electron chi connectivity index (χ1n) is 9.04. The van der Waals surface area contributed by atoms with Gasteiger partial charge in [-0.3, -0.25) is 0 Å². The number of hydrogen-bond acceptors (Lipinski definition) is 5. The van der Waals surface area contributed by atoms with Gasteiger partial charge in [-0.1, -0.05) is 12.1 Å². The SMILES string of the molecule is Cc1cc(N)nc(C=Cc2nc3cc(-c4ccc(N(C)C)cc4)cnc3[nH]2)c1. The maximum Gasteiger partial charge on any atom is 0.157 e. The fourth-order valence-electron chi connectivity index (χ4n) is 3.07. The van der Waals surface area contributed by atoms with E-state index in [9.17, 15) is 0 Å². The highest BCUT2D eigenvalue weighted by Gasteiger charge is 2.06. The minimum Gasteiger partial charge on any atom is -0.384 e. The molecule has 28 heavy (non-hydrogen) atoms. The molecule has 1 aromatic carbocycles. The molecule has 0 atom stereocenters. The molecule has 4 aromatic rings. The van der Waals surface area contributed by atoms with Crippen LogP contribution in [-0.4, -0.2) is 34.0 Å². The average Bonchev–Trinajstić information content (AvgIpc) is 3.08. The van der Waals surface area contributed by atoms with E-state index in [0.29, 0.717) is 5.82 Å². The molecular formula is C22H22N6. The van der Waals surface area contributed by atoms with E-state index in [1.165, 1.54) is 0 Å². The van der Waals surface area contributed by atoms with Crippen molar-refractivity contribution in [2.45, 2.75) is 6.92 Å². The summed E-state index contributed by atoms with van der Waals surface area (Å²) in [7, 11) is 4.06. The highest BCUT2D eigenvalue weighted by molar-refractivity contribution is 5.80. The molecule has 0 amide bonds. The Morgan fingerprint density at radius 1 is 0.964 bits per heavy atom. The molecule has 6 nitrogen and oxygen atoms in total. The Bertz CT molecular complexity index is 1140. The van der Waals surface area contributed by atoms with Crippen molar-refractivity contribution in [2.24, 2.45) is 0 Å². The molecule has 4 rings (SSSR count). The number of nitrogens with two attached hydrogens (primary N) is 1. The number of H-pyrrole nitrogens is 1. The Balaban J connectivity index is 1.62.